The largest absolute Gasteiger partial charge is 0.481 e. The molecule has 0 aromatic heterocycles. The average Bonchev–Trinajstić information content (AvgIpc) is 2.65. The number of aliphatic carboxylic acids is 1. The molecule has 0 atom stereocenters. The summed E-state index contributed by atoms with van der Waals surface area (Å²) in [6.45, 7) is 0.734. The summed E-state index contributed by atoms with van der Waals surface area (Å²) in [4.78, 5) is 25.0. The lowest BCUT2D eigenvalue weighted by atomic mass is 9.96. The van der Waals surface area contributed by atoms with Crippen molar-refractivity contribution in [3.63, 3.8) is 0 Å². The molecule has 1 saturated heterocycles. The molecule has 1 N–H and O–H groups in total. The maximum Gasteiger partial charge on any atom is 0.306 e. The molecule has 7 heteroatoms. The summed E-state index contributed by atoms with van der Waals surface area (Å²) in [5, 5.41) is 8.99. The van der Waals surface area contributed by atoms with E-state index in [0.717, 1.165) is 12.1 Å². The summed E-state index contributed by atoms with van der Waals surface area (Å²) in [5.74, 6) is -5.57. The van der Waals surface area contributed by atoms with Gasteiger partial charge in [0.25, 0.3) is 5.91 Å². The van der Waals surface area contributed by atoms with E-state index in [1.807, 2.05) is 0 Å². The van der Waals surface area contributed by atoms with Gasteiger partial charge in [-0.05, 0) is 48.2 Å². The molecule has 0 spiro atoms. The maximum atomic E-state index is 13.3. The minimum Gasteiger partial charge on any atom is -0.481 e. The van der Waals surface area contributed by atoms with E-state index in [2.05, 4.69) is 0 Å². The van der Waals surface area contributed by atoms with Gasteiger partial charge in [-0.2, -0.15) is 0 Å². The summed E-state index contributed by atoms with van der Waals surface area (Å²) in [5.41, 5.74) is 1.01. The van der Waals surface area contributed by atoms with Gasteiger partial charge in [0, 0.05) is 18.7 Å². The fourth-order valence-corrected chi connectivity index (χ4v) is 3.04. The van der Waals surface area contributed by atoms with Crippen molar-refractivity contribution in [3.05, 3.63) is 59.4 Å². The Balaban J connectivity index is 1.74. The normalized spacial score (nSPS) is 15.1. The third kappa shape index (κ3) is 3.56. The first-order valence-electron chi connectivity index (χ1n) is 8.14. The standard InChI is InChI=1S/C19H16F3NO3/c20-15-9-14(10-16(21)17(15)22)11-1-3-12(4-2-11)18(24)23-7-5-13(6-8-23)19(25)26/h1-4,9-10,13H,5-8H2,(H,25,26). The van der Waals surface area contributed by atoms with Crippen LogP contribution in [0.2, 0.25) is 0 Å². The third-order valence-electron chi connectivity index (χ3n) is 4.58. The van der Waals surface area contributed by atoms with Crippen molar-refractivity contribution in [1.29, 1.82) is 0 Å². The van der Waals surface area contributed by atoms with Crippen LogP contribution < -0.4 is 0 Å². The van der Waals surface area contributed by atoms with Gasteiger partial charge >= 0.3 is 5.97 Å². The van der Waals surface area contributed by atoms with E-state index in [4.69, 9.17) is 5.11 Å². The number of amides is 1. The molecule has 0 bridgehead atoms. The van der Waals surface area contributed by atoms with Crippen LogP contribution in [-0.2, 0) is 4.79 Å². The highest BCUT2D eigenvalue weighted by molar-refractivity contribution is 5.94. The van der Waals surface area contributed by atoms with Crippen molar-refractivity contribution in [2.75, 3.05) is 13.1 Å². The predicted molar refractivity (Wildman–Crippen MR) is 88.0 cm³/mol. The molecule has 136 valence electrons. The van der Waals surface area contributed by atoms with Crippen LogP contribution in [0.1, 0.15) is 23.2 Å². The highest BCUT2D eigenvalue weighted by Crippen LogP contribution is 2.25. The summed E-state index contributed by atoms with van der Waals surface area (Å²) in [6, 6.07) is 7.91. The first-order chi connectivity index (χ1) is 12.4. The lowest BCUT2D eigenvalue weighted by molar-refractivity contribution is -0.143. The molecule has 1 heterocycles. The van der Waals surface area contributed by atoms with Crippen molar-refractivity contribution >= 4 is 11.9 Å². The molecular weight excluding hydrogens is 347 g/mol. The number of carbonyl (C=O) groups excluding carboxylic acids is 1. The first-order valence-corrected chi connectivity index (χ1v) is 8.14. The van der Waals surface area contributed by atoms with E-state index < -0.39 is 29.3 Å². The fraction of sp³-hybridized carbons (Fsp3) is 0.263. The number of carbonyl (C=O) groups is 2. The topological polar surface area (TPSA) is 57.6 Å². The Morgan fingerprint density at radius 1 is 0.923 bits per heavy atom. The minimum atomic E-state index is -1.52. The monoisotopic (exact) mass is 363 g/mol. The molecule has 1 aliphatic heterocycles. The van der Waals surface area contributed by atoms with Crippen LogP contribution in [0.4, 0.5) is 13.2 Å². The lowest BCUT2D eigenvalue weighted by Crippen LogP contribution is -2.40. The molecule has 0 saturated carbocycles. The Morgan fingerprint density at radius 2 is 1.46 bits per heavy atom. The van der Waals surface area contributed by atoms with Crippen LogP contribution in [-0.4, -0.2) is 35.0 Å². The number of carboxylic acid groups (broad SMARTS) is 1. The average molecular weight is 363 g/mol. The number of piperidine rings is 1. The van der Waals surface area contributed by atoms with Gasteiger partial charge in [-0.15, -0.1) is 0 Å². The number of carboxylic acids is 1. The molecular formula is C19H16F3NO3. The summed E-state index contributed by atoms with van der Waals surface area (Å²) >= 11 is 0. The quantitative estimate of drug-likeness (QED) is 0.846. The molecule has 4 nitrogen and oxygen atoms in total. The second-order valence-corrected chi connectivity index (χ2v) is 6.24. The van der Waals surface area contributed by atoms with Gasteiger partial charge < -0.3 is 10.0 Å². The zero-order chi connectivity index (χ0) is 18.8. The lowest BCUT2D eigenvalue weighted by Gasteiger charge is -2.30. The molecule has 26 heavy (non-hydrogen) atoms. The Kier molecular flexibility index (Phi) is 4.97. The molecule has 0 aliphatic carbocycles. The third-order valence-corrected chi connectivity index (χ3v) is 4.58. The van der Waals surface area contributed by atoms with E-state index in [0.29, 0.717) is 37.1 Å². The molecule has 0 radical (unpaired) electrons. The molecule has 0 unspecified atom stereocenters. The first kappa shape index (κ1) is 18.0. The number of hydrogen-bond donors (Lipinski definition) is 1. The predicted octanol–water partition coefficient (Wildman–Crippen LogP) is 3.71. The SMILES string of the molecule is O=C(O)C1CCN(C(=O)c2ccc(-c3cc(F)c(F)c(F)c3)cc2)CC1. The van der Waals surface area contributed by atoms with E-state index in [1.165, 1.54) is 24.3 Å². The Hall–Kier alpha value is -2.83. The van der Waals surface area contributed by atoms with Crippen LogP contribution in [0.15, 0.2) is 36.4 Å². The number of hydrogen-bond acceptors (Lipinski definition) is 2. The van der Waals surface area contributed by atoms with Crippen molar-refractivity contribution in [1.82, 2.24) is 4.90 Å². The van der Waals surface area contributed by atoms with Crippen LogP contribution >= 0.6 is 0 Å². The smallest absolute Gasteiger partial charge is 0.306 e. The fourth-order valence-electron chi connectivity index (χ4n) is 3.04. The second-order valence-electron chi connectivity index (χ2n) is 6.24. The number of nitrogens with zero attached hydrogens (tertiary/aromatic N) is 1. The van der Waals surface area contributed by atoms with Crippen LogP contribution in [0.5, 0.6) is 0 Å². The Bertz CT molecular complexity index is 821. The van der Waals surface area contributed by atoms with Crippen LogP contribution in [0.3, 0.4) is 0 Å². The summed E-state index contributed by atoms with van der Waals surface area (Å²) in [6.07, 6.45) is 0.820. The Morgan fingerprint density at radius 3 is 1.96 bits per heavy atom. The molecule has 2 aromatic rings. The van der Waals surface area contributed by atoms with Crippen molar-refractivity contribution in [2.24, 2.45) is 5.92 Å². The minimum absolute atomic E-state index is 0.169. The van der Waals surface area contributed by atoms with E-state index in [1.54, 1.807) is 4.90 Å². The number of likely N-dealkylation sites (tertiary alicyclic amines) is 1. The van der Waals surface area contributed by atoms with Gasteiger partial charge in [-0.25, -0.2) is 13.2 Å². The molecule has 1 fully saturated rings. The zero-order valence-electron chi connectivity index (χ0n) is 13.7. The summed E-state index contributed by atoms with van der Waals surface area (Å²) in [7, 11) is 0. The highest BCUT2D eigenvalue weighted by atomic mass is 19.2. The van der Waals surface area contributed by atoms with Gasteiger partial charge in [0.15, 0.2) is 17.5 Å². The van der Waals surface area contributed by atoms with Crippen molar-refractivity contribution in [3.8, 4) is 11.1 Å². The van der Waals surface area contributed by atoms with Crippen LogP contribution in [0, 0.1) is 23.4 Å². The zero-order valence-corrected chi connectivity index (χ0v) is 13.7. The van der Waals surface area contributed by atoms with Gasteiger partial charge in [-0.3, -0.25) is 9.59 Å². The number of benzene rings is 2. The van der Waals surface area contributed by atoms with Crippen LogP contribution in [0.25, 0.3) is 11.1 Å². The number of rotatable bonds is 3. The van der Waals surface area contributed by atoms with Crippen molar-refractivity contribution in [2.45, 2.75) is 12.8 Å². The number of halogens is 3. The Labute approximate surface area is 147 Å². The second kappa shape index (κ2) is 7.19. The molecule has 1 amide bonds. The van der Waals surface area contributed by atoms with Gasteiger partial charge in [0.2, 0.25) is 0 Å². The molecule has 3 rings (SSSR count). The van der Waals surface area contributed by atoms with Gasteiger partial charge in [-0.1, -0.05) is 12.1 Å². The summed E-state index contributed by atoms with van der Waals surface area (Å²) < 4.78 is 39.7. The highest BCUT2D eigenvalue weighted by Gasteiger charge is 2.27. The van der Waals surface area contributed by atoms with Gasteiger partial charge in [0.1, 0.15) is 0 Å². The van der Waals surface area contributed by atoms with E-state index in [9.17, 15) is 22.8 Å². The van der Waals surface area contributed by atoms with E-state index in [-0.39, 0.29) is 11.5 Å². The van der Waals surface area contributed by atoms with E-state index >= 15 is 0 Å². The van der Waals surface area contributed by atoms with Crippen molar-refractivity contribution < 1.29 is 27.9 Å². The molecule has 1 aliphatic rings. The molecule has 2 aromatic carbocycles. The van der Waals surface area contributed by atoms with Gasteiger partial charge in [0.05, 0.1) is 5.92 Å². The maximum absolute atomic E-state index is 13.3.